The van der Waals surface area contributed by atoms with E-state index in [0.29, 0.717) is 18.5 Å². The molecule has 2 amide bonds. The van der Waals surface area contributed by atoms with Crippen molar-refractivity contribution in [1.82, 2.24) is 10.2 Å². The Bertz CT molecular complexity index is 825. The number of benzene rings is 1. The van der Waals surface area contributed by atoms with Gasteiger partial charge in [0.05, 0.1) is 0 Å². The second-order valence-electron chi connectivity index (χ2n) is 7.19. The van der Waals surface area contributed by atoms with Gasteiger partial charge in [-0.25, -0.2) is 0 Å². The van der Waals surface area contributed by atoms with Crippen molar-refractivity contribution in [2.24, 2.45) is 5.73 Å². The molecule has 0 radical (unpaired) electrons. The molecule has 134 valence electrons. The highest BCUT2D eigenvalue weighted by Crippen LogP contribution is 2.29. The molecule has 1 aliphatic rings. The second-order valence-corrected chi connectivity index (χ2v) is 7.19. The zero-order valence-corrected chi connectivity index (χ0v) is 15.1. The molecule has 1 aromatic heterocycles. The van der Waals surface area contributed by atoms with E-state index in [1.54, 1.807) is 4.90 Å². The van der Waals surface area contributed by atoms with Crippen molar-refractivity contribution in [2.45, 2.75) is 52.2 Å². The molecule has 0 spiro atoms. The van der Waals surface area contributed by atoms with Crippen LogP contribution in [-0.4, -0.2) is 41.4 Å². The van der Waals surface area contributed by atoms with E-state index in [1.807, 2.05) is 45.9 Å². The van der Waals surface area contributed by atoms with E-state index in [1.165, 1.54) is 0 Å². The number of nitrogens with one attached hydrogen (secondary N) is 1. The summed E-state index contributed by atoms with van der Waals surface area (Å²) in [6.07, 6.45) is 0.461. The van der Waals surface area contributed by atoms with E-state index >= 15 is 0 Å². The average Bonchev–Trinajstić information content (AvgIpc) is 3.07. The van der Waals surface area contributed by atoms with E-state index < -0.39 is 6.04 Å². The van der Waals surface area contributed by atoms with Crippen LogP contribution in [0.5, 0.6) is 0 Å². The van der Waals surface area contributed by atoms with Crippen LogP contribution in [0.25, 0.3) is 11.0 Å². The van der Waals surface area contributed by atoms with Gasteiger partial charge in [0.15, 0.2) is 5.76 Å². The van der Waals surface area contributed by atoms with E-state index in [9.17, 15) is 9.59 Å². The zero-order chi connectivity index (χ0) is 18.3. The fourth-order valence-electron chi connectivity index (χ4n) is 3.39. The minimum atomic E-state index is -0.556. The molecule has 0 aliphatic carbocycles. The third kappa shape index (κ3) is 3.26. The van der Waals surface area contributed by atoms with E-state index in [2.05, 4.69) is 5.32 Å². The summed E-state index contributed by atoms with van der Waals surface area (Å²) in [5, 5.41) is 3.79. The first-order valence-electron chi connectivity index (χ1n) is 8.64. The molecule has 1 fully saturated rings. The Balaban J connectivity index is 1.93. The summed E-state index contributed by atoms with van der Waals surface area (Å²) in [4.78, 5) is 27.1. The molecule has 1 aliphatic heterocycles. The Kier molecular flexibility index (Phi) is 4.56. The third-order valence-electron chi connectivity index (χ3n) is 4.62. The Morgan fingerprint density at radius 1 is 1.32 bits per heavy atom. The first-order valence-corrected chi connectivity index (χ1v) is 8.64. The fraction of sp³-hybridized carbons (Fsp3) is 0.474. The van der Waals surface area contributed by atoms with Gasteiger partial charge in [0.1, 0.15) is 11.6 Å². The zero-order valence-electron chi connectivity index (χ0n) is 15.1. The predicted octanol–water partition coefficient (Wildman–Crippen LogP) is 2.12. The number of hydrogen-bond acceptors (Lipinski definition) is 4. The molecule has 2 atom stereocenters. The van der Waals surface area contributed by atoms with Crippen LogP contribution < -0.4 is 11.1 Å². The molecule has 3 N–H and O–H groups in total. The van der Waals surface area contributed by atoms with Crippen LogP contribution in [0.1, 0.15) is 41.9 Å². The number of hydrogen-bond donors (Lipinski definition) is 2. The number of aryl methyl sites for hydroxylation is 2. The summed E-state index contributed by atoms with van der Waals surface area (Å²) in [6.45, 7) is 7.98. The first-order chi connectivity index (χ1) is 11.8. The molecule has 3 rings (SSSR count). The lowest BCUT2D eigenvalue weighted by atomic mass is 10.1. The Hall–Kier alpha value is -2.34. The standard InChI is InChI=1S/C19H25N3O3/c1-10(2)21-18(23)15-8-13(20)9-22(15)19(24)17-12(4)14-6-5-11(3)7-16(14)25-17/h5-7,10,13,15H,8-9,20H2,1-4H3,(H,21,23)/t13-,15+/m1/s1. The summed E-state index contributed by atoms with van der Waals surface area (Å²) < 4.78 is 5.83. The SMILES string of the molecule is Cc1ccc2c(C)c(C(=O)N3C[C@H](N)C[C@H]3C(=O)NC(C)C)oc2c1. The molecule has 2 heterocycles. The maximum atomic E-state index is 13.1. The van der Waals surface area contributed by atoms with Crippen molar-refractivity contribution in [3.05, 3.63) is 35.1 Å². The topological polar surface area (TPSA) is 88.6 Å². The van der Waals surface area contributed by atoms with Gasteiger partial charge in [-0.05, 0) is 45.7 Å². The minimum absolute atomic E-state index is 0.0113. The maximum absolute atomic E-state index is 13.1. The van der Waals surface area contributed by atoms with Gasteiger partial charge < -0.3 is 20.4 Å². The third-order valence-corrected chi connectivity index (χ3v) is 4.62. The van der Waals surface area contributed by atoms with Crippen LogP contribution in [-0.2, 0) is 4.79 Å². The van der Waals surface area contributed by atoms with Gasteiger partial charge in [0.2, 0.25) is 5.91 Å². The molecule has 0 bridgehead atoms. The first kappa shape index (κ1) is 17.5. The van der Waals surface area contributed by atoms with Gasteiger partial charge in [-0.1, -0.05) is 12.1 Å². The molecule has 2 aromatic rings. The Morgan fingerprint density at radius 2 is 2.04 bits per heavy atom. The van der Waals surface area contributed by atoms with Gasteiger partial charge in [0, 0.05) is 29.6 Å². The van der Waals surface area contributed by atoms with Crippen molar-refractivity contribution in [3.8, 4) is 0 Å². The lowest BCUT2D eigenvalue weighted by Crippen LogP contribution is -2.47. The predicted molar refractivity (Wildman–Crippen MR) is 96.4 cm³/mol. The van der Waals surface area contributed by atoms with Gasteiger partial charge in [-0.3, -0.25) is 9.59 Å². The van der Waals surface area contributed by atoms with Gasteiger partial charge >= 0.3 is 0 Å². The molecule has 0 saturated carbocycles. The van der Waals surface area contributed by atoms with E-state index in [4.69, 9.17) is 10.2 Å². The summed E-state index contributed by atoms with van der Waals surface area (Å²) in [5.41, 5.74) is 8.58. The molecular formula is C19H25N3O3. The maximum Gasteiger partial charge on any atom is 0.290 e. The normalized spacial score (nSPS) is 20.5. The van der Waals surface area contributed by atoms with Crippen molar-refractivity contribution in [3.63, 3.8) is 0 Å². The lowest BCUT2D eigenvalue weighted by molar-refractivity contribution is -0.125. The van der Waals surface area contributed by atoms with Gasteiger partial charge in [-0.15, -0.1) is 0 Å². The number of likely N-dealkylation sites (tertiary alicyclic amines) is 1. The summed E-state index contributed by atoms with van der Waals surface area (Å²) in [5.74, 6) is -0.152. The van der Waals surface area contributed by atoms with Crippen molar-refractivity contribution in [2.75, 3.05) is 6.54 Å². The number of amides is 2. The highest BCUT2D eigenvalue weighted by Gasteiger charge is 2.40. The van der Waals surface area contributed by atoms with Crippen LogP contribution in [0.2, 0.25) is 0 Å². The van der Waals surface area contributed by atoms with Crippen LogP contribution in [0.15, 0.2) is 22.6 Å². The average molecular weight is 343 g/mol. The summed E-state index contributed by atoms with van der Waals surface area (Å²) in [7, 11) is 0. The van der Waals surface area contributed by atoms with Crippen LogP contribution in [0.3, 0.4) is 0 Å². The Labute approximate surface area is 147 Å². The quantitative estimate of drug-likeness (QED) is 0.893. The largest absolute Gasteiger partial charge is 0.451 e. The number of carbonyl (C=O) groups excluding carboxylic acids is 2. The molecule has 0 unspecified atom stereocenters. The summed E-state index contributed by atoms with van der Waals surface area (Å²) >= 11 is 0. The number of rotatable bonds is 3. The van der Waals surface area contributed by atoms with Crippen molar-refractivity contribution >= 4 is 22.8 Å². The minimum Gasteiger partial charge on any atom is -0.451 e. The molecule has 1 aromatic carbocycles. The second kappa shape index (κ2) is 6.52. The van der Waals surface area contributed by atoms with E-state index in [-0.39, 0.29) is 29.7 Å². The smallest absolute Gasteiger partial charge is 0.290 e. The number of nitrogens with two attached hydrogens (primary N) is 1. The Morgan fingerprint density at radius 3 is 2.72 bits per heavy atom. The summed E-state index contributed by atoms with van der Waals surface area (Å²) in [6, 6.07) is 5.11. The van der Waals surface area contributed by atoms with Gasteiger partial charge in [-0.2, -0.15) is 0 Å². The fourth-order valence-corrected chi connectivity index (χ4v) is 3.39. The van der Waals surface area contributed by atoms with Crippen LogP contribution in [0.4, 0.5) is 0 Å². The molecule has 6 heteroatoms. The number of carbonyl (C=O) groups is 2. The highest BCUT2D eigenvalue weighted by molar-refractivity contribution is 6.01. The molecule has 1 saturated heterocycles. The lowest BCUT2D eigenvalue weighted by Gasteiger charge is -2.24. The van der Waals surface area contributed by atoms with E-state index in [0.717, 1.165) is 16.5 Å². The molecular weight excluding hydrogens is 318 g/mol. The number of fused-ring (bicyclic) bond motifs is 1. The number of furan rings is 1. The van der Waals surface area contributed by atoms with Crippen molar-refractivity contribution < 1.29 is 14.0 Å². The van der Waals surface area contributed by atoms with Crippen LogP contribution >= 0.6 is 0 Å². The van der Waals surface area contributed by atoms with Crippen LogP contribution in [0, 0.1) is 13.8 Å². The number of nitrogens with zero attached hydrogens (tertiary/aromatic N) is 1. The highest BCUT2D eigenvalue weighted by atomic mass is 16.3. The van der Waals surface area contributed by atoms with Gasteiger partial charge in [0.25, 0.3) is 5.91 Å². The molecule has 25 heavy (non-hydrogen) atoms. The monoisotopic (exact) mass is 343 g/mol. The molecule has 6 nitrogen and oxygen atoms in total. The van der Waals surface area contributed by atoms with Crippen molar-refractivity contribution in [1.29, 1.82) is 0 Å².